The Morgan fingerprint density at radius 3 is 2.46 bits per heavy atom. The van der Waals surface area contributed by atoms with Gasteiger partial charge in [0.25, 0.3) is 0 Å². The first-order valence-corrected chi connectivity index (χ1v) is 8.67. The number of esters is 2. The first kappa shape index (κ1) is 20.2. The topological polar surface area (TPSA) is 72.9 Å². The maximum Gasteiger partial charge on any atom is 0.334 e. The summed E-state index contributed by atoms with van der Waals surface area (Å²) in [6, 6.07) is 0. The zero-order valence-corrected chi connectivity index (χ0v) is 15.0. The smallest absolute Gasteiger partial charge is 0.334 e. The van der Waals surface area contributed by atoms with E-state index < -0.39 is 11.9 Å². The Bertz CT molecular complexity index is 468. The highest BCUT2D eigenvalue weighted by molar-refractivity contribution is 5.93. The Kier molecular flexibility index (Phi) is 8.50. The number of unbranched alkanes of at least 4 members (excludes halogenated alkanes) is 3. The van der Waals surface area contributed by atoms with Crippen LogP contribution in [0.25, 0.3) is 0 Å². The molecule has 1 heterocycles. The standard InChI is InChI=1S/C18H29NO5/c1-5-6-7-8-9-14(3)23-18(22)13(2)10-17(21)24-16-11-19(12-16)15(4)20/h14,16H,2,5-12H2,1,3-4H3/t14-/m0/s1. The molecular formula is C18H29NO5. The molecule has 0 N–H and O–H groups in total. The Morgan fingerprint density at radius 1 is 1.21 bits per heavy atom. The van der Waals surface area contributed by atoms with Crippen LogP contribution in [0.5, 0.6) is 0 Å². The van der Waals surface area contributed by atoms with E-state index >= 15 is 0 Å². The molecule has 24 heavy (non-hydrogen) atoms. The molecule has 1 amide bonds. The van der Waals surface area contributed by atoms with Crippen molar-refractivity contribution in [3.63, 3.8) is 0 Å². The van der Waals surface area contributed by atoms with Crippen molar-refractivity contribution in [3.8, 4) is 0 Å². The van der Waals surface area contributed by atoms with Crippen LogP contribution in [0.15, 0.2) is 12.2 Å². The van der Waals surface area contributed by atoms with Gasteiger partial charge in [0.2, 0.25) is 5.91 Å². The summed E-state index contributed by atoms with van der Waals surface area (Å²) in [6.07, 6.45) is 4.65. The van der Waals surface area contributed by atoms with Gasteiger partial charge < -0.3 is 14.4 Å². The molecule has 6 nitrogen and oxygen atoms in total. The first-order chi connectivity index (χ1) is 11.3. The lowest BCUT2D eigenvalue weighted by Crippen LogP contribution is -2.54. The number of rotatable bonds is 10. The second-order valence-electron chi connectivity index (χ2n) is 6.38. The van der Waals surface area contributed by atoms with Crippen molar-refractivity contribution >= 4 is 17.8 Å². The number of hydrogen-bond donors (Lipinski definition) is 0. The lowest BCUT2D eigenvalue weighted by atomic mass is 10.1. The second kappa shape index (κ2) is 10.1. The third-order valence-corrected chi connectivity index (χ3v) is 4.01. The van der Waals surface area contributed by atoms with Gasteiger partial charge in [-0.2, -0.15) is 0 Å². The van der Waals surface area contributed by atoms with Gasteiger partial charge in [-0.25, -0.2) is 4.79 Å². The van der Waals surface area contributed by atoms with E-state index in [0.717, 1.165) is 25.7 Å². The molecule has 1 aliphatic heterocycles. The number of amides is 1. The predicted octanol–water partition coefficient (Wildman–Crippen LogP) is 2.61. The molecule has 0 bridgehead atoms. The molecule has 1 aliphatic rings. The molecule has 0 spiro atoms. The molecule has 0 aromatic heterocycles. The van der Waals surface area contributed by atoms with Gasteiger partial charge in [-0.15, -0.1) is 0 Å². The molecular weight excluding hydrogens is 310 g/mol. The Morgan fingerprint density at radius 2 is 1.88 bits per heavy atom. The number of hydrogen-bond acceptors (Lipinski definition) is 5. The van der Waals surface area contributed by atoms with E-state index in [1.165, 1.54) is 13.3 Å². The Hall–Kier alpha value is -1.85. The largest absolute Gasteiger partial charge is 0.459 e. The summed E-state index contributed by atoms with van der Waals surface area (Å²) >= 11 is 0. The Balaban J connectivity index is 2.20. The molecule has 0 saturated carbocycles. The summed E-state index contributed by atoms with van der Waals surface area (Å²) in [4.78, 5) is 36.3. The third-order valence-electron chi connectivity index (χ3n) is 4.01. The second-order valence-corrected chi connectivity index (χ2v) is 6.38. The fraction of sp³-hybridized carbons (Fsp3) is 0.722. The molecule has 1 fully saturated rings. The first-order valence-electron chi connectivity index (χ1n) is 8.67. The van der Waals surface area contributed by atoms with Crippen molar-refractivity contribution in [2.75, 3.05) is 13.1 Å². The van der Waals surface area contributed by atoms with E-state index in [-0.39, 0.29) is 30.1 Å². The van der Waals surface area contributed by atoms with E-state index in [1.54, 1.807) is 4.90 Å². The zero-order chi connectivity index (χ0) is 18.1. The fourth-order valence-electron chi connectivity index (χ4n) is 2.43. The zero-order valence-electron chi connectivity index (χ0n) is 15.0. The summed E-state index contributed by atoms with van der Waals surface area (Å²) in [7, 11) is 0. The summed E-state index contributed by atoms with van der Waals surface area (Å²) in [5.74, 6) is -1.10. The highest BCUT2D eigenvalue weighted by atomic mass is 16.6. The van der Waals surface area contributed by atoms with Crippen molar-refractivity contribution in [1.82, 2.24) is 4.90 Å². The molecule has 0 aromatic rings. The van der Waals surface area contributed by atoms with Crippen molar-refractivity contribution in [2.45, 2.75) is 71.5 Å². The van der Waals surface area contributed by atoms with Gasteiger partial charge >= 0.3 is 11.9 Å². The van der Waals surface area contributed by atoms with Crippen LogP contribution >= 0.6 is 0 Å². The molecule has 136 valence electrons. The summed E-state index contributed by atoms with van der Waals surface area (Å²) < 4.78 is 10.5. The highest BCUT2D eigenvalue weighted by Crippen LogP contribution is 2.15. The number of carbonyl (C=O) groups excluding carboxylic acids is 3. The van der Waals surface area contributed by atoms with Crippen LogP contribution in [0.3, 0.4) is 0 Å². The summed E-state index contributed by atoms with van der Waals surface area (Å²) in [5.41, 5.74) is 0.100. The maximum atomic E-state index is 11.9. The van der Waals surface area contributed by atoms with Crippen LogP contribution in [0.4, 0.5) is 0 Å². The van der Waals surface area contributed by atoms with E-state index in [0.29, 0.717) is 13.1 Å². The Labute approximate surface area is 144 Å². The average molecular weight is 339 g/mol. The third kappa shape index (κ3) is 7.15. The highest BCUT2D eigenvalue weighted by Gasteiger charge is 2.32. The summed E-state index contributed by atoms with van der Waals surface area (Å²) in [5, 5.41) is 0. The van der Waals surface area contributed by atoms with Gasteiger partial charge in [-0.05, 0) is 19.8 Å². The molecule has 6 heteroatoms. The molecule has 1 atom stereocenters. The minimum Gasteiger partial charge on any atom is -0.459 e. The minimum atomic E-state index is -0.547. The molecule has 0 radical (unpaired) electrons. The van der Waals surface area contributed by atoms with Crippen molar-refractivity contribution in [1.29, 1.82) is 0 Å². The van der Waals surface area contributed by atoms with Crippen LogP contribution in [0.1, 0.15) is 59.3 Å². The molecule has 0 aliphatic carbocycles. The van der Waals surface area contributed by atoms with Crippen molar-refractivity contribution < 1.29 is 23.9 Å². The minimum absolute atomic E-state index is 0.0387. The lowest BCUT2D eigenvalue weighted by molar-refractivity contribution is -0.163. The SMILES string of the molecule is C=C(CC(=O)OC1CN(C(C)=O)C1)C(=O)O[C@@H](C)CCCCCC. The average Bonchev–Trinajstić information content (AvgIpc) is 2.46. The van der Waals surface area contributed by atoms with Gasteiger partial charge in [0, 0.05) is 12.5 Å². The van der Waals surface area contributed by atoms with Crippen LogP contribution in [-0.2, 0) is 23.9 Å². The number of carbonyl (C=O) groups is 3. The van der Waals surface area contributed by atoms with E-state index in [1.807, 2.05) is 6.92 Å². The van der Waals surface area contributed by atoms with Gasteiger partial charge in [0.15, 0.2) is 0 Å². The predicted molar refractivity (Wildman–Crippen MR) is 90.2 cm³/mol. The lowest BCUT2D eigenvalue weighted by Gasteiger charge is -2.37. The van der Waals surface area contributed by atoms with E-state index in [4.69, 9.17) is 9.47 Å². The summed E-state index contributed by atoms with van der Waals surface area (Å²) in [6.45, 7) is 9.90. The van der Waals surface area contributed by atoms with Gasteiger partial charge in [-0.3, -0.25) is 9.59 Å². The fourth-order valence-corrected chi connectivity index (χ4v) is 2.43. The molecule has 0 aromatic carbocycles. The van der Waals surface area contributed by atoms with Crippen molar-refractivity contribution in [3.05, 3.63) is 12.2 Å². The van der Waals surface area contributed by atoms with E-state index in [9.17, 15) is 14.4 Å². The van der Waals surface area contributed by atoms with E-state index in [2.05, 4.69) is 13.5 Å². The molecule has 1 saturated heterocycles. The van der Waals surface area contributed by atoms with Gasteiger partial charge in [0.1, 0.15) is 6.10 Å². The number of ether oxygens (including phenoxy) is 2. The van der Waals surface area contributed by atoms with Gasteiger partial charge in [-0.1, -0.05) is 32.8 Å². The van der Waals surface area contributed by atoms with Crippen LogP contribution in [0.2, 0.25) is 0 Å². The molecule has 1 rings (SSSR count). The number of nitrogens with zero attached hydrogens (tertiary/aromatic N) is 1. The maximum absolute atomic E-state index is 11.9. The molecule has 0 unspecified atom stereocenters. The van der Waals surface area contributed by atoms with Crippen LogP contribution in [-0.4, -0.2) is 48.0 Å². The van der Waals surface area contributed by atoms with Gasteiger partial charge in [0.05, 0.1) is 25.6 Å². The van der Waals surface area contributed by atoms with Crippen molar-refractivity contribution in [2.24, 2.45) is 0 Å². The quantitative estimate of drug-likeness (QED) is 0.347. The monoisotopic (exact) mass is 339 g/mol. The van der Waals surface area contributed by atoms with Crippen LogP contribution in [0, 0.1) is 0 Å². The number of likely N-dealkylation sites (tertiary alicyclic amines) is 1. The van der Waals surface area contributed by atoms with Crippen LogP contribution < -0.4 is 0 Å². The normalized spacial score (nSPS) is 15.4.